The van der Waals surface area contributed by atoms with Gasteiger partial charge in [-0.2, -0.15) is 0 Å². The molecule has 0 unspecified atom stereocenters. The van der Waals surface area contributed by atoms with Crippen LogP contribution in [0.5, 0.6) is 0 Å². The summed E-state index contributed by atoms with van der Waals surface area (Å²) in [5, 5.41) is 5.78. The number of hydrogen-bond donors (Lipinski definition) is 2. The molecule has 6 heteroatoms. The molecule has 0 saturated heterocycles. The number of alkyl halides is 2. The maximum atomic E-state index is 12.5. The molecule has 0 aliphatic carbocycles. The van der Waals surface area contributed by atoms with E-state index in [2.05, 4.69) is 10.6 Å². The normalized spacial score (nSPS) is 10.9. The topological polar surface area (TPSA) is 46.1 Å². The second kappa shape index (κ2) is 6.99. The van der Waals surface area contributed by atoms with Gasteiger partial charge in [-0.1, -0.05) is 18.2 Å². The van der Waals surface area contributed by atoms with Crippen molar-refractivity contribution >= 4 is 11.6 Å². The number of aromatic nitrogens is 1. The number of nitrogens with zero attached hydrogens (tertiary/aromatic N) is 1. The maximum Gasteiger partial charge on any atom is 0.272 e. The number of para-hydroxylation sites is 1. The Hall–Kier alpha value is -2.21. The molecule has 0 bridgehead atoms. The van der Waals surface area contributed by atoms with Gasteiger partial charge in [-0.3, -0.25) is 4.79 Å². The first kappa shape index (κ1) is 15.2. The highest BCUT2D eigenvalue weighted by Crippen LogP contribution is 2.16. The molecule has 0 saturated carbocycles. The van der Waals surface area contributed by atoms with Crippen LogP contribution in [0.2, 0.25) is 0 Å². The van der Waals surface area contributed by atoms with Gasteiger partial charge in [-0.05, 0) is 30.8 Å². The molecule has 0 aliphatic heterocycles. The first-order valence-corrected chi connectivity index (χ1v) is 6.59. The fourth-order valence-electron chi connectivity index (χ4n) is 2.10. The quantitative estimate of drug-likeness (QED) is 0.860. The van der Waals surface area contributed by atoms with Gasteiger partial charge in [0, 0.05) is 18.4 Å². The van der Waals surface area contributed by atoms with Crippen molar-refractivity contribution in [3.63, 3.8) is 0 Å². The van der Waals surface area contributed by atoms with Gasteiger partial charge in [0.2, 0.25) is 0 Å². The fourth-order valence-corrected chi connectivity index (χ4v) is 2.10. The van der Waals surface area contributed by atoms with Gasteiger partial charge in [0.25, 0.3) is 12.3 Å². The third-order valence-corrected chi connectivity index (χ3v) is 3.03. The van der Waals surface area contributed by atoms with Gasteiger partial charge in [0.05, 0.1) is 6.54 Å². The van der Waals surface area contributed by atoms with Crippen molar-refractivity contribution < 1.29 is 13.6 Å². The summed E-state index contributed by atoms with van der Waals surface area (Å²) in [5.74, 6) is -0.399. The Kier molecular flexibility index (Phi) is 5.05. The predicted molar refractivity (Wildman–Crippen MR) is 77.6 cm³/mol. The fraction of sp³-hybridized carbons (Fsp3) is 0.267. The lowest BCUT2D eigenvalue weighted by atomic mass is 10.1. The lowest BCUT2D eigenvalue weighted by Gasteiger charge is -2.12. The largest absolute Gasteiger partial charge is 0.338 e. The Morgan fingerprint density at radius 3 is 2.71 bits per heavy atom. The number of nitrogens with one attached hydrogen (secondary N) is 2. The molecule has 0 spiro atoms. The highest BCUT2D eigenvalue weighted by molar-refractivity contribution is 6.03. The molecule has 2 N–H and O–H groups in total. The zero-order valence-corrected chi connectivity index (χ0v) is 11.6. The summed E-state index contributed by atoms with van der Waals surface area (Å²) >= 11 is 0. The summed E-state index contributed by atoms with van der Waals surface area (Å²) in [4.78, 5) is 12.2. The summed E-state index contributed by atoms with van der Waals surface area (Å²) in [6, 6.07) is 10.5. The van der Waals surface area contributed by atoms with E-state index in [9.17, 15) is 13.6 Å². The molecule has 2 aromatic rings. The van der Waals surface area contributed by atoms with Crippen LogP contribution in [0.1, 0.15) is 16.1 Å². The van der Waals surface area contributed by atoms with Gasteiger partial charge in [0.1, 0.15) is 5.69 Å². The summed E-state index contributed by atoms with van der Waals surface area (Å²) in [7, 11) is 1.81. The molecule has 1 heterocycles. The minimum absolute atomic E-state index is 0.217. The molecule has 0 radical (unpaired) electrons. The molecule has 1 amide bonds. The van der Waals surface area contributed by atoms with Crippen molar-refractivity contribution in [3.05, 3.63) is 53.9 Å². The van der Waals surface area contributed by atoms with Gasteiger partial charge in [-0.25, -0.2) is 8.78 Å². The van der Waals surface area contributed by atoms with Crippen LogP contribution in [-0.4, -0.2) is 23.9 Å². The van der Waals surface area contributed by atoms with Crippen molar-refractivity contribution in [2.75, 3.05) is 12.4 Å². The van der Waals surface area contributed by atoms with Gasteiger partial charge < -0.3 is 15.2 Å². The first-order chi connectivity index (χ1) is 10.1. The number of anilines is 1. The number of hydrogen-bond acceptors (Lipinski definition) is 2. The lowest BCUT2D eigenvalue weighted by molar-refractivity contribution is 0.0997. The standard InChI is InChI=1S/C15H17F2N3O/c1-18-9-11-5-2-3-6-12(11)19-15(21)13-7-4-8-20(13)10-14(16)17/h2-8,14,18H,9-10H2,1H3,(H,19,21). The van der Waals surface area contributed by atoms with E-state index in [1.165, 1.54) is 16.8 Å². The zero-order chi connectivity index (χ0) is 15.2. The minimum Gasteiger partial charge on any atom is -0.338 e. The van der Waals surface area contributed by atoms with Crippen LogP contribution in [-0.2, 0) is 13.1 Å². The van der Waals surface area contributed by atoms with E-state index in [0.29, 0.717) is 12.2 Å². The molecule has 1 aromatic heterocycles. The van der Waals surface area contributed by atoms with Crippen LogP contribution in [0, 0.1) is 0 Å². The van der Waals surface area contributed by atoms with E-state index in [1.54, 1.807) is 12.1 Å². The Labute approximate surface area is 121 Å². The van der Waals surface area contributed by atoms with E-state index in [0.717, 1.165) is 5.56 Å². The van der Waals surface area contributed by atoms with E-state index < -0.39 is 18.9 Å². The average molecular weight is 293 g/mol. The van der Waals surface area contributed by atoms with Crippen molar-refractivity contribution in [3.8, 4) is 0 Å². The van der Waals surface area contributed by atoms with Crippen LogP contribution >= 0.6 is 0 Å². The smallest absolute Gasteiger partial charge is 0.272 e. The molecule has 112 valence electrons. The third kappa shape index (κ3) is 3.88. The summed E-state index contributed by atoms with van der Waals surface area (Å²) in [5.41, 5.74) is 1.82. The Bertz CT molecular complexity index is 610. The van der Waals surface area contributed by atoms with E-state index in [4.69, 9.17) is 0 Å². The van der Waals surface area contributed by atoms with E-state index in [-0.39, 0.29) is 5.69 Å². The van der Waals surface area contributed by atoms with Crippen LogP contribution in [0.15, 0.2) is 42.6 Å². The van der Waals surface area contributed by atoms with Crippen LogP contribution in [0.25, 0.3) is 0 Å². The maximum absolute atomic E-state index is 12.5. The van der Waals surface area contributed by atoms with Crippen molar-refractivity contribution in [1.29, 1.82) is 0 Å². The molecular weight excluding hydrogens is 276 g/mol. The summed E-state index contributed by atoms with van der Waals surface area (Å²) in [6.45, 7) is 0.114. The Morgan fingerprint density at radius 2 is 2.00 bits per heavy atom. The lowest BCUT2D eigenvalue weighted by Crippen LogP contribution is -2.20. The van der Waals surface area contributed by atoms with Crippen molar-refractivity contribution in [1.82, 2.24) is 9.88 Å². The van der Waals surface area contributed by atoms with Gasteiger partial charge in [-0.15, -0.1) is 0 Å². The van der Waals surface area contributed by atoms with Crippen molar-refractivity contribution in [2.45, 2.75) is 19.5 Å². The molecular formula is C15H17F2N3O. The van der Waals surface area contributed by atoms with E-state index >= 15 is 0 Å². The molecule has 0 atom stereocenters. The highest BCUT2D eigenvalue weighted by atomic mass is 19.3. The predicted octanol–water partition coefficient (Wildman–Crippen LogP) is 2.72. The molecule has 21 heavy (non-hydrogen) atoms. The number of halogens is 2. The zero-order valence-electron chi connectivity index (χ0n) is 11.6. The van der Waals surface area contributed by atoms with E-state index in [1.807, 2.05) is 25.2 Å². The number of rotatable bonds is 6. The monoisotopic (exact) mass is 293 g/mol. The molecule has 0 fully saturated rings. The SMILES string of the molecule is CNCc1ccccc1NC(=O)c1cccn1CC(F)F. The number of carbonyl (C=O) groups is 1. The van der Waals surface area contributed by atoms with Crippen LogP contribution < -0.4 is 10.6 Å². The molecule has 2 rings (SSSR count). The Balaban J connectivity index is 2.17. The average Bonchev–Trinajstić information content (AvgIpc) is 2.88. The highest BCUT2D eigenvalue weighted by Gasteiger charge is 2.15. The number of carbonyl (C=O) groups excluding carboxylic acids is 1. The summed E-state index contributed by atoms with van der Waals surface area (Å²) in [6.07, 6.45) is -1.03. The van der Waals surface area contributed by atoms with Crippen LogP contribution in [0.3, 0.4) is 0 Å². The molecule has 4 nitrogen and oxygen atoms in total. The third-order valence-electron chi connectivity index (χ3n) is 3.03. The molecule has 0 aliphatic rings. The number of amides is 1. The second-order valence-electron chi connectivity index (χ2n) is 4.58. The second-order valence-corrected chi connectivity index (χ2v) is 4.58. The first-order valence-electron chi connectivity index (χ1n) is 6.59. The van der Waals surface area contributed by atoms with Crippen LogP contribution in [0.4, 0.5) is 14.5 Å². The van der Waals surface area contributed by atoms with Gasteiger partial charge in [0.15, 0.2) is 0 Å². The Morgan fingerprint density at radius 1 is 1.24 bits per heavy atom. The van der Waals surface area contributed by atoms with Crippen molar-refractivity contribution in [2.24, 2.45) is 0 Å². The molecule has 1 aromatic carbocycles. The van der Waals surface area contributed by atoms with Gasteiger partial charge >= 0.3 is 0 Å². The summed E-state index contributed by atoms with van der Waals surface area (Å²) < 4.78 is 26.2. The number of benzene rings is 1. The minimum atomic E-state index is -2.50.